The highest BCUT2D eigenvalue weighted by Gasteiger charge is 2.30. The molecule has 35 heavy (non-hydrogen) atoms. The number of carbonyl (C=O) groups is 2. The first-order valence-electron chi connectivity index (χ1n) is 10.9. The Labute approximate surface area is 205 Å². The van der Waals surface area contributed by atoms with E-state index in [1.54, 1.807) is 6.07 Å². The molecule has 0 bridgehead atoms. The first-order chi connectivity index (χ1) is 16.5. The molecule has 0 unspecified atom stereocenters. The average molecular weight is 506 g/mol. The van der Waals surface area contributed by atoms with Gasteiger partial charge in [-0.25, -0.2) is 0 Å². The molecular formula is C26H26F3NO4S. The van der Waals surface area contributed by atoms with Crippen LogP contribution in [0.2, 0.25) is 0 Å². The summed E-state index contributed by atoms with van der Waals surface area (Å²) >= 11 is 1.30. The second-order valence-corrected chi connectivity index (χ2v) is 9.17. The maximum absolute atomic E-state index is 12.9. The van der Waals surface area contributed by atoms with Crippen LogP contribution in [0.1, 0.15) is 50.7 Å². The van der Waals surface area contributed by atoms with E-state index >= 15 is 0 Å². The summed E-state index contributed by atoms with van der Waals surface area (Å²) in [4.78, 5) is 24.8. The fourth-order valence-electron chi connectivity index (χ4n) is 3.70. The van der Waals surface area contributed by atoms with Crippen molar-refractivity contribution < 1.29 is 32.2 Å². The summed E-state index contributed by atoms with van der Waals surface area (Å²) < 4.78 is 49.3. The molecule has 1 amide bonds. The second kappa shape index (κ2) is 10.9. The van der Waals surface area contributed by atoms with Gasteiger partial charge < -0.3 is 14.8 Å². The molecule has 9 heteroatoms. The summed E-state index contributed by atoms with van der Waals surface area (Å²) in [7, 11) is 1.29. The molecule has 0 aliphatic carbocycles. The van der Waals surface area contributed by atoms with Crippen molar-refractivity contribution in [2.24, 2.45) is 0 Å². The minimum atomic E-state index is -4.37. The fourth-order valence-corrected chi connectivity index (χ4v) is 4.60. The third-order valence-electron chi connectivity index (χ3n) is 5.41. The number of benzene rings is 2. The number of rotatable bonds is 8. The Balaban J connectivity index is 1.69. The monoisotopic (exact) mass is 505 g/mol. The summed E-state index contributed by atoms with van der Waals surface area (Å²) in [5.41, 5.74) is 2.64. The topological polar surface area (TPSA) is 64.6 Å². The summed E-state index contributed by atoms with van der Waals surface area (Å²) in [6, 6.07) is 12.4. The van der Waals surface area contributed by atoms with Gasteiger partial charge in [0.05, 0.1) is 24.0 Å². The lowest BCUT2D eigenvalue weighted by molar-refractivity contribution is -0.140. The number of alkyl halides is 3. The highest BCUT2D eigenvalue weighted by Crippen LogP contribution is 2.36. The predicted molar refractivity (Wildman–Crippen MR) is 129 cm³/mol. The van der Waals surface area contributed by atoms with Gasteiger partial charge in [0.1, 0.15) is 11.9 Å². The average Bonchev–Trinajstić information content (AvgIpc) is 3.29. The van der Waals surface area contributed by atoms with Gasteiger partial charge in [-0.15, -0.1) is 11.3 Å². The minimum Gasteiger partial charge on any atom is -0.485 e. The summed E-state index contributed by atoms with van der Waals surface area (Å²) in [6.45, 7) is 5.84. The molecule has 1 atom stereocenters. The van der Waals surface area contributed by atoms with Crippen LogP contribution in [0, 0.1) is 13.8 Å². The Bertz CT molecular complexity index is 1180. The summed E-state index contributed by atoms with van der Waals surface area (Å²) in [5, 5.41) is 2.68. The van der Waals surface area contributed by atoms with Crippen LogP contribution in [0.3, 0.4) is 0 Å². The predicted octanol–water partition coefficient (Wildman–Crippen LogP) is 6.48. The molecule has 3 rings (SSSR count). The zero-order valence-corrected chi connectivity index (χ0v) is 20.6. The van der Waals surface area contributed by atoms with Crippen molar-refractivity contribution in [3.05, 3.63) is 75.0 Å². The molecule has 0 aliphatic rings. The smallest absolute Gasteiger partial charge is 0.416 e. The van der Waals surface area contributed by atoms with Crippen molar-refractivity contribution in [1.82, 2.24) is 5.32 Å². The standard InChI is InChI=1S/C26H26F3NO4S/c1-15-13-20(14-16(2)24(15)18-5-7-19(8-6-18)26(27,28)29)34-17(3)21-9-10-22(35-21)25(32)30-12-11-23(31)33-4/h5-10,13-14,17H,11-12H2,1-4H3,(H,30,32)/t17-/m1/s1. The Morgan fingerprint density at radius 2 is 1.66 bits per heavy atom. The van der Waals surface area contributed by atoms with Crippen LogP contribution in [0.25, 0.3) is 11.1 Å². The Hall–Kier alpha value is -3.33. The quantitative estimate of drug-likeness (QED) is 0.356. The van der Waals surface area contributed by atoms with Gasteiger partial charge in [0.15, 0.2) is 0 Å². The number of esters is 1. The highest BCUT2D eigenvalue weighted by atomic mass is 32.1. The number of methoxy groups -OCH3 is 1. The van der Waals surface area contributed by atoms with Crippen molar-refractivity contribution in [2.75, 3.05) is 13.7 Å². The van der Waals surface area contributed by atoms with E-state index in [0.717, 1.165) is 33.7 Å². The maximum Gasteiger partial charge on any atom is 0.416 e. The van der Waals surface area contributed by atoms with E-state index in [2.05, 4.69) is 10.1 Å². The molecule has 0 fully saturated rings. The molecule has 5 nitrogen and oxygen atoms in total. The van der Waals surface area contributed by atoms with E-state index in [1.807, 2.05) is 39.0 Å². The summed E-state index contributed by atoms with van der Waals surface area (Å²) in [6.07, 6.45) is -4.60. The maximum atomic E-state index is 12.9. The van der Waals surface area contributed by atoms with Crippen LogP contribution in [0.5, 0.6) is 5.75 Å². The van der Waals surface area contributed by atoms with Crippen LogP contribution in [-0.4, -0.2) is 25.5 Å². The molecule has 0 spiro atoms. The molecule has 1 N–H and O–H groups in total. The number of carbonyl (C=O) groups excluding carboxylic acids is 2. The molecule has 0 aliphatic heterocycles. The fraction of sp³-hybridized carbons (Fsp3) is 0.308. The van der Waals surface area contributed by atoms with Crippen LogP contribution in [0.15, 0.2) is 48.5 Å². The zero-order valence-electron chi connectivity index (χ0n) is 19.8. The Morgan fingerprint density at radius 3 is 2.23 bits per heavy atom. The number of hydrogen-bond donors (Lipinski definition) is 1. The van der Waals surface area contributed by atoms with Crippen LogP contribution >= 0.6 is 11.3 Å². The van der Waals surface area contributed by atoms with E-state index in [9.17, 15) is 22.8 Å². The minimum absolute atomic E-state index is 0.0984. The van der Waals surface area contributed by atoms with Crippen molar-refractivity contribution in [1.29, 1.82) is 0 Å². The third-order valence-corrected chi connectivity index (χ3v) is 6.66. The Kier molecular flexibility index (Phi) is 8.22. The lowest BCUT2D eigenvalue weighted by Crippen LogP contribution is -2.25. The molecular weight excluding hydrogens is 479 g/mol. The number of halogens is 3. The SMILES string of the molecule is COC(=O)CCNC(=O)c1ccc([C@@H](C)Oc2cc(C)c(-c3ccc(C(F)(F)F)cc3)c(C)c2)s1. The van der Waals surface area contributed by atoms with E-state index in [0.29, 0.717) is 16.2 Å². The number of aryl methyl sites for hydroxylation is 2. The molecule has 0 saturated carbocycles. The molecule has 186 valence electrons. The number of amides is 1. The van der Waals surface area contributed by atoms with Crippen molar-refractivity contribution in [3.8, 4) is 16.9 Å². The van der Waals surface area contributed by atoms with Gasteiger partial charge in [0.25, 0.3) is 5.91 Å². The molecule has 0 radical (unpaired) electrons. The summed E-state index contributed by atoms with van der Waals surface area (Å²) in [5.74, 6) is -0.0419. The van der Waals surface area contributed by atoms with Crippen molar-refractivity contribution >= 4 is 23.2 Å². The molecule has 3 aromatic rings. The second-order valence-electron chi connectivity index (χ2n) is 8.05. The van der Waals surface area contributed by atoms with Crippen LogP contribution < -0.4 is 10.1 Å². The number of hydrogen-bond acceptors (Lipinski definition) is 5. The number of ether oxygens (including phenoxy) is 2. The lowest BCUT2D eigenvalue weighted by Gasteiger charge is -2.17. The zero-order chi connectivity index (χ0) is 25.8. The first kappa shape index (κ1) is 26.3. The molecule has 2 aromatic carbocycles. The van der Waals surface area contributed by atoms with Gasteiger partial charge >= 0.3 is 12.1 Å². The largest absolute Gasteiger partial charge is 0.485 e. The van der Waals surface area contributed by atoms with Gasteiger partial charge in [-0.1, -0.05) is 12.1 Å². The van der Waals surface area contributed by atoms with E-state index in [1.165, 1.54) is 30.6 Å². The van der Waals surface area contributed by atoms with Crippen molar-refractivity contribution in [2.45, 2.75) is 39.5 Å². The van der Waals surface area contributed by atoms with Crippen LogP contribution in [0.4, 0.5) is 13.2 Å². The molecule has 0 saturated heterocycles. The van der Waals surface area contributed by atoms with Gasteiger partial charge in [0.2, 0.25) is 0 Å². The van der Waals surface area contributed by atoms with Gasteiger partial charge in [0, 0.05) is 11.4 Å². The van der Waals surface area contributed by atoms with E-state index in [-0.39, 0.29) is 25.0 Å². The number of thiophene rings is 1. The number of nitrogens with one attached hydrogen (secondary N) is 1. The van der Waals surface area contributed by atoms with Gasteiger partial charge in [-0.3, -0.25) is 9.59 Å². The molecule has 1 heterocycles. The normalized spacial score (nSPS) is 12.2. The first-order valence-corrected chi connectivity index (χ1v) is 11.7. The van der Waals surface area contributed by atoms with Crippen LogP contribution in [-0.2, 0) is 15.7 Å². The lowest BCUT2D eigenvalue weighted by atomic mass is 9.94. The van der Waals surface area contributed by atoms with Crippen molar-refractivity contribution in [3.63, 3.8) is 0 Å². The highest BCUT2D eigenvalue weighted by molar-refractivity contribution is 7.14. The van der Waals surface area contributed by atoms with Gasteiger partial charge in [-0.2, -0.15) is 13.2 Å². The van der Waals surface area contributed by atoms with E-state index < -0.39 is 17.7 Å². The van der Waals surface area contributed by atoms with E-state index in [4.69, 9.17) is 4.74 Å². The Morgan fingerprint density at radius 1 is 1.03 bits per heavy atom. The third kappa shape index (κ3) is 6.63. The molecule has 1 aromatic heterocycles. The van der Waals surface area contributed by atoms with Gasteiger partial charge in [-0.05, 0) is 79.4 Å².